The fourth-order valence-electron chi connectivity index (χ4n) is 2.72. The minimum absolute atomic E-state index is 0.0972. The molecule has 25 heavy (non-hydrogen) atoms. The van der Waals surface area contributed by atoms with E-state index in [4.69, 9.17) is 9.47 Å². The molecular formula is C14H23N3O7S. The maximum Gasteiger partial charge on any atom is 0.309 e. The summed E-state index contributed by atoms with van der Waals surface area (Å²) in [7, 11) is -1.52. The van der Waals surface area contributed by atoms with Crippen LogP contribution in [0, 0.1) is 6.92 Å². The summed E-state index contributed by atoms with van der Waals surface area (Å²) in [6.45, 7) is 3.85. The number of Topliss-reactive ketones (excluding diaryl/α,β-unsaturated/α-hetero) is 1. The summed E-state index contributed by atoms with van der Waals surface area (Å²) in [6.07, 6.45) is -3.99. The number of aromatic nitrogens is 2. The van der Waals surface area contributed by atoms with Gasteiger partial charge in [-0.05, 0) is 13.8 Å². The van der Waals surface area contributed by atoms with Crippen molar-refractivity contribution < 1.29 is 32.9 Å². The largest absolute Gasteiger partial charge is 0.394 e. The van der Waals surface area contributed by atoms with E-state index in [1.165, 1.54) is 27.9 Å². The normalized spacial score (nSPS) is 25.5. The van der Waals surface area contributed by atoms with Crippen LogP contribution in [0.2, 0.25) is 0 Å². The fourth-order valence-corrected chi connectivity index (χ4v) is 3.92. The molecule has 0 radical (unpaired) electrons. The Kier molecular flexibility index (Phi) is 5.66. The molecule has 1 aliphatic heterocycles. The number of ketones is 1. The third kappa shape index (κ3) is 3.48. The Morgan fingerprint density at radius 2 is 2.00 bits per heavy atom. The second-order valence-electron chi connectivity index (χ2n) is 5.99. The molecule has 4 atom stereocenters. The quantitative estimate of drug-likeness (QED) is 0.616. The van der Waals surface area contributed by atoms with Gasteiger partial charge in [0, 0.05) is 21.0 Å². The predicted octanol–water partition coefficient (Wildman–Crippen LogP) is -0.796. The number of nitrogens with zero attached hydrogens (tertiary/aromatic N) is 3. The van der Waals surface area contributed by atoms with Gasteiger partial charge in [0.05, 0.1) is 18.0 Å². The SMILES string of the molecule is CC(=O)c1nc(C)c([C@@H](O)[C@@H]2OC(C)O[C@@H]2CO)n1S(=O)(=O)N(C)C. The van der Waals surface area contributed by atoms with Crippen LogP contribution >= 0.6 is 0 Å². The summed E-state index contributed by atoms with van der Waals surface area (Å²) >= 11 is 0. The van der Waals surface area contributed by atoms with E-state index in [-0.39, 0.29) is 17.2 Å². The van der Waals surface area contributed by atoms with Gasteiger partial charge in [0.1, 0.15) is 18.3 Å². The molecule has 142 valence electrons. The number of imidazole rings is 1. The van der Waals surface area contributed by atoms with Crippen LogP contribution in [0.25, 0.3) is 0 Å². The average Bonchev–Trinajstić information content (AvgIpc) is 3.06. The van der Waals surface area contributed by atoms with Crippen LogP contribution in [0.5, 0.6) is 0 Å². The van der Waals surface area contributed by atoms with E-state index < -0.39 is 47.2 Å². The summed E-state index contributed by atoms with van der Waals surface area (Å²) in [6, 6.07) is 0. The molecule has 0 spiro atoms. The Labute approximate surface area is 146 Å². The number of aryl methyl sites for hydroxylation is 1. The van der Waals surface area contributed by atoms with Gasteiger partial charge in [-0.25, -0.2) is 8.96 Å². The Morgan fingerprint density at radius 1 is 1.40 bits per heavy atom. The zero-order valence-electron chi connectivity index (χ0n) is 14.7. The first-order valence-electron chi connectivity index (χ1n) is 7.65. The molecular weight excluding hydrogens is 354 g/mol. The smallest absolute Gasteiger partial charge is 0.309 e. The van der Waals surface area contributed by atoms with Crippen molar-refractivity contribution in [1.29, 1.82) is 0 Å². The third-order valence-corrected chi connectivity index (χ3v) is 5.67. The lowest BCUT2D eigenvalue weighted by Gasteiger charge is -2.24. The minimum Gasteiger partial charge on any atom is -0.394 e. The lowest BCUT2D eigenvalue weighted by atomic mass is 10.0. The standard InChI is InChI=1S/C14H23N3O7S/c1-7-11(12(20)13-10(6-18)23-9(3)24-13)17(14(15-7)8(2)19)25(21,22)16(4)5/h9-10,12-13,18,20H,6H2,1-5H3/t9?,10-,12-,13-/m1/s1. The molecule has 0 aromatic carbocycles. The minimum atomic E-state index is -4.13. The van der Waals surface area contributed by atoms with Crippen molar-refractivity contribution in [3.05, 3.63) is 17.2 Å². The van der Waals surface area contributed by atoms with Crippen molar-refractivity contribution in [2.24, 2.45) is 0 Å². The molecule has 1 aromatic heterocycles. The lowest BCUT2D eigenvalue weighted by molar-refractivity contribution is -0.0718. The van der Waals surface area contributed by atoms with Crippen LogP contribution in [0.15, 0.2) is 0 Å². The van der Waals surface area contributed by atoms with E-state index >= 15 is 0 Å². The molecule has 1 saturated heterocycles. The van der Waals surface area contributed by atoms with Crippen molar-refractivity contribution in [2.45, 2.75) is 45.4 Å². The average molecular weight is 377 g/mol. The number of aliphatic hydroxyl groups is 2. The first-order valence-corrected chi connectivity index (χ1v) is 9.05. The molecule has 1 fully saturated rings. The molecule has 0 amide bonds. The molecule has 2 N–H and O–H groups in total. The summed E-state index contributed by atoms with van der Waals surface area (Å²) in [5, 5.41) is 20.2. The fraction of sp³-hybridized carbons (Fsp3) is 0.714. The third-order valence-electron chi connectivity index (χ3n) is 3.92. The van der Waals surface area contributed by atoms with Crippen LogP contribution in [0.1, 0.15) is 42.0 Å². The van der Waals surface area contributed by atoms with Gasteiger partial charge in [-0.3, -0.25) is 4.79 Å². The van der Waals surface area contributed by atoms with E-state index in [0.29, 0.717) is 0 Å². The van der Waals surface area contributed by atoms with Crippen LogP contribution in [0.3, 0.4) is 0 Å². The van der Waals surface area contributed by atoms with Crippen molar-refractivity contribution in [1.82, 2.24) is 13.3 Å². The van der Waals surface area contributed by atoms with Gasteiger partial charge in [0.2, 0.25) is 0 Å². The molecule has 10 nitrogen and oxygen atoms in total. The zero-order chi connectivity index (χ0) is 19.1. The molecule has 1 aromatic rings. The molecule has 11 heteroatoms. The second-order valence-corrected chi connectivity index (χ2v) is 7.98. The molecule has 1 unspecified atom stereocenters. The van der Waals surface area contributed by atoms with E-state index in [1.807, 2.05) is 0 Å². The monoisotopic (exact) mass is 377 g/mol. The van der Waals surface area contributed by atoms with Crippen molar-refractivity contribution in [3.63, 3.8) is 0 Å². The van der Waals surface area contributed by atoms with Crippen LogP contribution in [-0.4, -0.2) is 76.9 Å². The van der Waals surface area contributed by atoms with Gasteiger partial charge < -0.3 is 19.7 Å². The number of carbonyl (C=O) groups is 1. The molecule has 0 saturated carbocycles. The predicted molar refractivity (Wildman–Crippen MR) is 86.2 cm³/mol. The first kappa shape index (κ1) is 19.9. The number of hydrogen-bond donors (Lipinski definition) is 2. The van der Waals surface area contributed by atoms with Crippen LogP contribution in [-0.2, 0) is 19.7 Å². The Morgan fingerprint density at radius 3 is 2.48 bits per heavy atom. The first-order chi connectivity index (χ1) is 11.5. The summed E-state index contributed by atoms with van der Waals surface area (Å²) in [4.78, 5) is 15.9. The van der Waals surface area contributed by atoms with Gasteiger partial charge in [0.15, 0.2) is 17.9 Å². The van der Waals surface area contributed by atoms with Gasteiger partial charge in [-0.15, -0.1) is 0 Å². The number of carbonyl (C=O) groups excluding carboxylic acids is 1. The Balaban J connectivity index is 2.63. The zero-order valence-corrected chi connectivity index (χ0v) is 15.5. The number of aliphatic hydroxyl groups excluding tert-OH is 2. The molecule has 2 heterocycles. The number of hydrogen-bond acceptors (Lipinski definition) is 8. The van der Waals surface area contributed by atoms with Gasteiger partial charge in [0.25, 0.3) is 0 Å². The molecule has 1 aliphatic rings. The molecule has 0 bridgehead atoms. The Hall–Kier alpha value is -1.37. The summed E-state index contributed by atoms with van der Waals surface area (Å²) < 4.78 is 37.8. The van der Waals surface area contributed by atoms with E-state index in [9.17, 15) is 23.4 Å². The van der Waals surface area contributed by atoms with Crippen LogP contribution in [0.4, 0.5) is 0 Å². The number of rotatable bonds is 6. The van der Waals surface area contributed by atoms with Crippen molar-refractivity contribution in [3.8, 4) is 0 Å². The van der Waals surface area contributed by atoms with Gasteiger partial charge in [-0.2, -0.15) is 12.7 Å². The highest BCUT2D eigenvalue weighted by Crippen LogP contribution is 2.33. The second kappa shape index (κ2) is 7.09. The van der Waals surface area contributed by atoms with E-state index in [2.05, 4.69) is 4.98 Å². The Bertz CT molecular complexity index is 759. The van der Waals surface area contributed by atoms with E-state index in [1.54, 1.807) is 6.92 Å². The lowest BCUT2D eigenvalue weighted by Crippen LogP contribution is -2.37. The van der Waals surface area contributed by atoms with Gasteiger partial charge in [-0.1, -0.05) is 0 Å². The highest BCUT2D eigenvalue weighted by Gasteiger charge is 2.43. The van der Waals surface area contributed by atoms with Crippen molar-refractivity contribution >= 4 is 16.0 Å². The van der Waals surface area contributed by atoms with E-state index in [0.717, 1.165) is 8.28 Å². The highest BCUT2D eigenvalue weighted by molar-refractivity contribution is 7.87. The molecule has 2 rings (SSSR count). The van der Waals surface area contributed by atoms with Crippen LogP contribution < -0.4 is 0 Å². The maximum absolute atomic E-state index is 12.7. The maximum atomic E-state index is 12.7. The van der Waals surface area contributed by atoms with Gasteiger partial charge >= 0.3 is 10.2 Å². The topological polar surface area (TPSA) is 131 Å². The molecule has 0 aliphatic carbocycles. The van der Waals surface area contributed by atoms with Crippen molar-refractivity contribution in [2.75, 3.05) is 20.7 Å². The summed E-state index contributed by atoms with van der Waals surface area (Å²) in [5.74, 6) is -0.879. The highest BCUT2D eigenvalue weighted by atomic mass is 32.2. The number of ether oxygens (including phenoxy) is 2. The summed E-state index contributed by atoms with van der Waals surface area (Å²) in [5.41, 5.74) is 0.0722.